The molecule has 5 nitrogen and oxygen atoms in total. The topological polar surface area (TPSA) is 75.3 Å². The number of sulfonamides is 1. The van der Waals surface area contributed by atoms with Crippen LogP contribution in [0.25, 0.3) is 0 Å². The Morgan fingerprint density at radius 3 is 2.19 bits per heavy atom. The maximum absolute atomic E-state index is 13.6. The molecule has 1 amide bonds. The molecule has 0 heterocycles. The van der Waals surface area contributed by atoms with E-state index >= 15 is 0 Å². The van der Waals surface area contributed by atoms with Gasteiger partial charge in [0, 0.05) is 5.69 Å². The summed E-state index contributed by atoms with van der Waals surface area (Å²) >= 11 is 0. The van der Waals surface area contributed by atoms with Crippen LogP contribution in [0, 0.1) is 12.7 Å². The van der Waals surface area contributed by atoms with E-state index in [0.29, 0.717) is 5.56 Å². The molecule has 0 radical (unpaired) electrons. The zero-order valence-corrected chi connectivity index (χ0v) is 16.9. The quantitative estimate of drug-likeness (QED) is 0.814. The first-order valence-electron chi connectivity index (χ1n) is 8.60. The van der Waals surface area contributed by atoms with Crippen LogP contribution in [-0.2, 0) is 20.2 Å². The Labute approximate surface area is 160 Å². The summed E-state index contributed by atoms with van der Waals surface area (Å²) in [4.78, 5) is 12.3. The molecular formula is C20H25FN2O3S. The van der Waals surface area contributed by atoms with Gasteiger partial charge in [0.2, 0.25) is 15.9 Å². The highest BCUT2D eigenvalue weighted by atomic mass is 32.2. The molecule has 2 N–H and O–H groups in total. The van der Waals surface area contributed by atoms with E-state index in [9.17, 15) is 17.6 Å². The smallest absolute Gasteiger partial charge is 0.242 e. The molecule has 0 aliphatic heterocycles. The highest BCUT2D eigenvalue weighted by Crippen LogP contribution is 2.23. The Morgan fingerprint density at radius 2 is 1.67 bits per heavy atom. The van der Waals surface area contributed by atoms with Gasteiger partial charge in [0.25, 0.3) is 0 Å². The van der Waals surface area contributed by atoms with Gasteiger partial charge in [-0.15, -0.1) is 0 Å². The molecule has 0 saturated heterocycles. The van der Waals surface area contributed by atoms with Crippen LogP contribution in [0.15, 0.2) is 47.4 Å². The fraction of sp³-hybridized carbons (Fsp3) is 0.350. The molecule has 0 fully saturated rings. The minimum atomic E-state index is -3.86. The zero-order valence-electron chi connectivity index (χ0n) is 16.1. The molecule has 0 bridgehead atoms. The minimum Gasteiger partial charge on any atom is -0.325 e. The van der Waals surface area contributed by atoms with Crippen molar-refractivity contribution < 1.29 is 17.6 Å². The van der Waals surface area contributed by atoms with Crippen molar-refractivity contribution in [1.82, 2.24) is 4.72 Å². The SMILES string of the molecule is Cc1ccc(NC(=O)[C@H](C)NS(=O)(=O)c2ccc(C(C)(C)C)cc2)cc1F. The predicted molar refractivity (Wildman–Crippen MR) is 105 cm³/mol. The average molecular weight is 392 g/mol. The van der Waals surface area contributed by atoms with E-state index in [1.54, 1.807) is 25.1 Å². The van der Waals surface area contributed by atoms with Crippen LogP contribution in [0.1, 0.15) is 38.8 Å². The lowest BCUT2D eigenvalue weighted by atomic mass is 9.87. The molecular weight excluding hydrogens is 367 g/mol. The maximum atomic E-state index is 13.6. The Bertz CT molecular complexity index is 933. The number of hydrogen-bond donors (Lipinski definition) is 2. The maximum Gasteiger partial charge on any atom is 0.242 e. The first-order chi connectivity index (χ1) is 12.4. The third-order valence-corrected chi connectivity index (χ3v) is 5.75. The Morgan fingerprint density at radius 1 is 1.07 bits per heavy atom. The van der Waals surface area contributed by atoms with Crippen LogP contribution in [0.4, 0.5) is 10.1 Å². The molecule has 0 spiro atoms. The van der Waals surface area contributed by atoms with Crippen LogP contribution in [-0.4, -0.2) is 20.4 Å². The second-order valence-corrected chi connectivity index (χ2v) is 9.28. The molecule has 1 atom stereocenters. The second kappa shape index (κ2) is 7.78. The third kappa shape index (κ3) is 5.37. The molecule has 2 aromatic rings. The summed E-state index contributed by atoms with van der Waals surface area (Å²) in [6.45, 7) is 9.16. The van der Waals surface area contributed by atoms with Crippen LogP contribution in [0.3, 0.4) is 0 Å². The van der Waals surface area contributed by atoms with Crippen LogP contribution in [0.2, 0.25) is 0 Å². The van der Waals surface area contributed by atoms with E-state index in [-0.39, 0.29) is 16.0 Å². The number of rotatable bonds is 5. The van der Waals surface area contributed by atoms with Crippen LogP contribution < -0.4 is 10.0 Å². The standard InChI is InChI=1S/C20H25FN2O3S/c1-13-6-9-16(12-18(13)21)22-19(24)14(2)23-27(25,26)17-10-7-15(8-11-17)20(3,4)5/h6-12,14,23H,1-5H3,(H,22,24)/t14-/m0/s1. The van der Waals surface area contributed by atoms with Crippen molar-refractivity contribution in [3.05, 3.63) is 59.4 Å². The highest BCUT2D eigenvalue weighted by molar-refractivity contribution is 7.89. The van der Waals surface area contributed by atoms with Crippen molar-refractivity contribution in [2.75, 3.05) is 5.32 Å². The molecule has 0 unspecified atom stereocenters. The van der Waals surface area contributed by atoms with Crippen molar-refractivity contribution in [2.24, 2.45) is 0 Å². The number of aryl methyl sites for hydroxylation is 1. The van der Waals surface area contributed by atoms with E-state index in [2.05, 4.69) is 10.0 Å². The molecule has 0 aliphatic carbocycles. The van der Waals surface area contributed by atoms with E-state index in [0.717, 1.165) is 5.56 Å². The van der Waals surface area contributed by atoms with Gasteiger partial charge in [0.15, 0.2) is 0 Å². The molecule has 0 saturated carbocycles. The Hall–Kier alpha value is -2.25. The van der Waals surface area contributed by atoms with Crippen molar-refractivity contribution >= 4 is 21.6 Å². The molecule has 146 valence electrons. The van der Waals surface area contributed by atoms with Gasteiger partial charge in [-0.3, -0.25) is 4.79 Å². The van der Waals surface area contributed by atoms with E-state index in [4.69, 9.17) is 0 Å². The van der Waals surface area contributed by atoms with Crippen molar-refractivity contribution in [3.8, 4) is 0 Å². The minimum absolute atomic E-state index is 0.0801. The number of carbonyl (C=O) groups is 1. The van der Waals surface area contributed by atoms with Crippen LogP contribution >= 0.6 is 0 Å². The van der Waals surface area contributed by atoms with Crippen molar-refractivity contribution in [3.63, 3.8) is 0 Å². The lowest BCUT2D eigenvalue weighted by Gasteiger charge is -2.19. The van der Waals surface area contributed by atoms with Gasteiger partial charge < -0.3 is 5.32 Å². The summed E-state index contributed by atoms with van der Waals surface area (Å²) in [5.41, 5.74) is 1.64. The number of anilines is 1. The summed E-state index contributed by atoms with van der Waals surface area (Å²) in [6.07, 6.45) is 0. The third-order valence-electron chi connectivity index (χ3n) is 4.20. The number of benzene rings is 2. The monoisotopic (exact) mass is 392 g/mol. The van der Waals surface area contributed by atoms with Crippen LogP contribution in [0.5, 0.6) is 0 Å². The first-order valence-corrected chi connectivity index (χ1v) is 10.1. The number of hydrogen-bond acceptors (Lipinski definition) is 3. The first kappa shape index (κ1) is 21.1. The highest BCUT2D eigenvalue weighted by Gasteiger charge is 2.23. The van der Waals surface area contributed by atoms with Gasteiger partial charge in [-0.25, -0.2) is 12.8 Å². The lowest BCUT2D eigenvalue weighted by Crippen LogP contribution is -2.41. The fourth-order valence-electron chi connectivity index (χ4n) is 2.41. The average Bonchev–Trinajstić information content (AvgIpc) is 2.57. The molecule has 0 aromatic heterocycles. The van der Waals surface area contributed by atoms with Crippen molar-refractivity contribution in [1.29, 1.82) is 0 Å². The number of amides is 1. The van der Waals surface area contributed by atoms with E-state index < -0.39 is 27.8 Å². The molecule has 27 heavy (non-hydrogen) atoms. The number of nitrogens with one attached hydrogen (secondary N) is 2. The molecule has 0 aliphatic rings. The van der Waals surface area contributed by atoms with Gasteiger partial charge in [0.05, 0.1) is 10.9 Å². The van der Waals surface area contributed by atoms with Gasteiger partial charge in [-0.2, -0.15) is 4.72 Å². The summed E-state index contributed by atoms with van der Waals surface area (Å²) in [5.74, 6) is -1.02. The van der Waals surface area contributed by atoms with Gasteiger partial charge in [-0.05, 0) is 54.7 Å². The van der Waals surface area contributed by atoms with Gasteiger partial charge in [0.1, 0.15) is 5.82 Å². The molecule has 2 rings (SSSR count). The largest absolute Gasteiger partial charge is 0.325 e. The van der Waals surface area contributed by atoms with E-state index in [1.165, 1.54) is 31.2 Å². The summed E-state index contributed by atoms with van der Waals surface area (Å²) < 4.78 is 40.9. The predicted octanol–water partition coefficient (Wildman–Crippen LogP) is 3.74. The summed E-state index contributed by atoms with van der Waals surface area (Å²) in [5, 5.41) is 2.51. The Balaban J connectivity index is 2.09. The second-order valence-electron chi connectivity index (χ2n) is 7.57. The molecule has 7 heteroatoms. The van der Waals surface area contributed by atoms with Gasteiger partial charge >= 0.3 is 0 Å². The van der Waals surface area contributed by atoms with E-state index in [1.807, 2.05) is 20.8 Å². The number of halogens is 1. The summed E-state index contributed by atoms with van der Waals surface area (Å²) in [7, 11) is -3.86. The lowest BCUT2D eigenvalue weighted by molar-refractivity contribution is -0.117. The fourth-order valence-corrected chi connectivity index (χ4v) is 3.61. The van der Waals surface area contributed by atoms with Crippen molar-refractivity contribution in [2.45, 2.75) is 51.0 Å². The van der Waals surface area contributed by atoms with Gasteiger partial charge in [-0.1, -0.05) is 39.0 Å². The number of carbonyl (C=O) groups excluding carboxylic acids is 1. The zero-order chi connectivity index (χ0) is 20.4. The Kier molecular flexibility index (Phi) is 6.07. The summed E-state index contributed by atoms with van der Waals surface area (Å²) in [6, 6.07) is 9.81. The molecule has 2 aromatic carbocycles. The normalized spacial score (nSPS) is 13.3.